The molecule has 1 N–H and O–H groups in total. The molecule has 196 valence electrons. The topological polar surface area (TPSA) is 89.7 Å². The lowest BCUT2D eigenvalue weighted by atomic mass is 9.94. The Kier molecular flexibility index (Phi) is 11.0. The summed E-state index contributed by atoms with van der Waals surface area (Å²) in [6.07, 6.45) is 10.0. The van der Waals surface area contributed by atoms with Gasteiger partial charge < -0.3 is 9.84 Å². The van der Waals surface area contributed by atoms with E-state index in [1.807, 2.05) is 36.4 Å². The molecule has 3 aromatic carbocycles. The maximum absolute atomic E-state index is 12.9. The van der Waals surface area contributed by atoms with Gasteiger partial charge in [-0.2, -0.15) is 0 Å². The Morgan fingerprint density at radius 1 is 0.946 bits per heavy atom. The van der Waals surface area contributed by atoms with Crippen LogP contribution in [0.25, 0.3) is 11.1 Å². The van der Waals surface area contributed by atoms with Crippen molar-refractivity contribution in [3.63, 3.8) is 0 Å². The summed E-state index contributed by atoms with van der Waals surface area (Å²) < 4.78 is 5.09. The third kappa shape index (κ3) is 7.83. The number of carbonyl (C=O) groups excluding carboxylic acids is 1. The highest BCUT2D eigenvalue weighted by molar-refractivity contribution is 7.99. The molecule has 0 aromatic heterocycles. The Bertz CT molecular complexity index is 1180. The van der Waals surface area contributed by atoms with Crippen molar-refractivity contribution in [3.05, 3.63) is 81.9 Å². The van der Waals surface area contributed by atoms with E-state index in [0.29, 0.717) is 17.5 Å². The van der Waals surface area contributed by atoms with Crippen LogP contribution in [0, 0.1) is 10.1 Å². The Labute approximate surface area is 223 Å². The molecule has 0 amide bonds. The molecule has 0 bridgehead atoms. The molecule has 6 nitrogen and oxygen atoms in total. The predicted molar refractivity (Wildman–Crippen MR) is 148 cm³/mol. The summed E-state index contributed by atoms with van der Waals surface area (Å²) in [4.78, 5) is 25.2. The Morgan fingerprint density at radius 3 is 2.16 bits per heavy atom. The average Bonchev–Trinajstić information content (AvgIpc) is 2.91. The second kappa shape index (κ2) is 14.4. The zero-order valence-corrected chi connectivity index (χ0v) is 22.4. The minimum atomic E-state index is -0.598. The SMILES string of the molecule is CCCCCCCCCCc1cc(Sc2ccc([N+](=O)[O-])cc2)c(-c2ccccc2)c(C(=O)OC)c1O. The van der Waals surface area contributed by atoms with Crippen LogP contribution in [0.15, 0.2) is 70.5 Å². The molecule has 37 heavy (non-hydrogen) atoms. The number of phenolic OH excluding ortho intramolecular Hbond substituents is 1. The number of ether oxygens (including phenoxy) is 1. The van der Waals surface area contributed by atoms with Crippen molar-refractivity contribution in [2.24, 2.45) is 0 Å². The van der Waals surface area contributed by atoms with Crippen LogP contribution in [0.3, 0.4) is 0 Å². The number of nitro benzene ring substituents is 1. The van der Waals surface area contributed by atoms with Crippen molar-refractivity contribution < 1.29 is 19.6 Å². The van der Waals surface area contributed by atoms with Crippen molar-refractivity contribution in [1.29, 1.82) is 0 Å². The van der Waals surface area contributed by atoms with Crippen LogP contribution >= 0.6 is 11.8 Å². The largest absolute Gasteiger partial charge is 0.507 e. The van der Waals surface area contributed by atoms with Gasteiger partial charge in [-0.1, -0.05) is 94.0 Å². The molecule has 0 spiro atoms. The molecule has 0 saturated carbocycles. The van der Waals surface area contributed by atoms with Crippen molar-refractivity contribution >= 4 is 23.4 Å². The van der Waals surface area contributed by atoms with Gasteiger partial charge in [0.15, 0.2) is 0 Å². The molecular weight excluding hydrogens is 486 g/mol. The lowest BCUT2D eigenvalue weighted by Gasteiger charge is -2.18. The lowest BCUT2D eigenvalue weighted by molar-refractivity contribution is -0.384. The van der Waals surface area contributed by atoms with E-state index in [4.69, 9.17) is 4.74 Å². The molecule has 0 aliphatic heterocycles. The fourth-order valence-corrected chi connectivity index (χ4v) is 5.43. The van der Waals surface area contributed by atoms with Gasteiger partial charge in [0.25, 0.3) is 5.69 Å². The first-order valence-electron chi connectivity index (χ1n) is 12.9. The minimum absolute atomic E-state index is 0.0176. The number of aromatic hydroxyl groups is 1. The van der Waals surface area contributed by atoms with E-state index >= 15 is 0 Å². The quantitative estimate of drug-likeness (QED) is 0.0988. The fourth-order valence-electron chi connectivity index (χ4n) is 4.38. The van der Waals surface area contributed by atoms with Gasteiger partial charge in [-0.05, 0) is 42.2 Å². The molecule has 0 heterocycles. The van der Waals surface area contributed by atoms with Gasteiger partial charge in [0, 0.05) is 27.5 Å². The van der Waals surface area contributed by atoms with Crippen LogP contribution in [0.1, 0.15) is 74.2 Å². The molecule has 7 heteroatoms. The van der Waals surface area contributed by atoms with E-state index in [1.54, 1.807) is 12.1 Å². The van der Waals surface area contributed by atoms with Gasteiger partial charge in [-0.3, -0.25) is 10.1 Å². The summed E-state index contributed by atoms with van der Waals surface area (Å²) in [5.41, 5.74) is 2.24. The number of hydrogen-bond donors (Lipinski definition) is 1. The van der Waals surface area contributed by atoms with Crippen molar-refractivity contribution in [3.8, 4) is 16.9 Å². The van der Waals surface area contributed by atoms with E-state index in [9.17, 15) is 20.0 Å². The number of methoxy groups -OCH3 is 1. The molecular formula is C30H35NO5S. The van der Waals surface area contributed by atoms with Gasteiger partial charge in [-0.25, -0.2) is 4.79 Å². The van der Waals surface area contributed by atoms with Crippen LogP contribution in [0.5, 0.6) is 5.75 Å². The van der Waals surface area contributed by atoms with Gasteiger partial charge in [0.1, 0.15) is 11.3 Å². The maximum atomic E-state index is 12.9. The highest BCUT2D eigenvalue weighted by atomic mass is 32.2. The second-order valence-electron chi connectivity index (χ2n) is 9.07. The number of carbonyl (C=O) groups is 1. The number of benzene rings is 3. The molecule has 0 atom stereocenters. The van der Waals surface area contributed by atoms with E-state index < -0.39 is 10.9 Å². The number of hydrogen-bond acceptors (Lipinski definition) is 6. The number of rotatable bonds is 14. The predicted octanol–water partition coefficient (Wildman–Crippen LogP) is 8.59. The number of unbranched alkanes of at least 4 members (excludes halogenated alkanes) is 7. The summed E-state index contributed by atoms with van der Waals surface area (Å²) in [5.74, 6) is -0.638. The third-order valence-electron chi connectivity index (χ3n) is 6.37. The number of esters is 1. The Balaban J connectivity index is 1.94. The van der Waals surface area contributed by atoms with Crippen LogP contribution in [-0.4, -0.2) is 23.1 Å². The van der Waals surface area contributed by atoms with E-state index in [0.717, 1.165) is 34.6 Å². The van der Waals surface area contributed by atoms with Crippen molar-refractivity contribution in [2.75, 3.05) is 7.11 Å². The Hall–Kier alpha value is -3.32. The summed E-state index contributed by atoms with van der Waals surface area (Å²) >= 11 is 1.41. The second-order valence-corrected chi connectivity index (χ2v) is 10.2. The van der Waals surface area contributed by atoms with Crippen molar-refractivity contribution in [2.45, 2.75) is 74.5 Å². The van der Waals surface area contributed by atoms with Gasteiger partial charge in [-0.15, -0.1) is 0 Å². The van der Waals surface area contributed by atoms with Crippen LogP contribution in [0.2, 0.25) is 0 Å². The van der Waals surface area contributed by atoms with E-state index in [1.165, 1.54) is 63.1 Å². The molecule has 0 aliphatic rings. The molecule has 0 fully saturated rings. The number of nitrogens with zero attached hydrogens (tertiary/aromatic N) is 1. The molecule has 0 radical (unpaired) electrons. The summed E-state index contributed by atoms with van der Waals surface area (Å²) in [6, 6.07) is 17.7. The van der Waals surface area contributed by atoms with Crippen LogP contribution in [-0.2, 0) is 11.2 Å². The highest BCUT2D eigenvalue weighted by Crippen LogP contribution is 2.44. The first-order valence-corrected chi connectivity index (χ1v) is 13.7. The lowest BCUT2D eigenvalue weighted by Crippen LogP contribution is -2.07. The first kappa shape index (κ1) is 28.3. The zero-order chi connectivity index (χ0) is 26.6. The Morgan fingerprint density at radius 2 is 1.57 bits per heavy atom. The van der Waals surface area contributed by atoms with E-state index in [-0.39, 0.29) is 17.0 Å². The van der Waals surface area contributed by atoms with Gasteiger partial charge in [0.05, 0.1) is 12.0 Å². The summed E-state index contributed by atoms with van der Waals surface area (Å²) in [7, 11) is 1.31. The summed E-state index contributed by atoms with van der Waals surface area (Å²) in [5, 5.41) is 22.3. The van der Waals surface area contributed by atoms with Crippen LogP contribution < -0.4 is 0 Å². The number of nitro groups is 1. The normalized spacial score (nSPS) is 10.9. The molecule has 0 aliphatic carbocycles. The van der Waals surface area contributed by atoms with E-state index in [2.05, 4.69) is 6.92 Å². The molecule has 3 rings (SSSR count). The fraction of sp³-hybridized carbons (Fsp3) is 0.367. The van der Waals surface area contributed by atoms with Crippen LogP contribution in [0.4, 0.5) is 5.69 Å². The first-order chi connectivity index (χ1) is 18.0. The summed E-state index contributed by atoms with van der Waals surface area (Å²) in [6.45, 7) is 2.21. The maximum Gasteiger partial charge on any atom is 0.342 e. The van der Waals surface area contributed by atoms with Gasteiger partial charge in [0.2, 0.25) is 0 Å². The molecule has 0 unspecified atom stereocenters. The van der Waals surface area contributed by atoms with Crippen molar-refractivity contribution in [1.82, 2.24) is 0 Å². The average molecular weight is 522 g/mol. The standard InChI is InChI=1S/C30H35NO5S/c1-3-4-5-6-7-8-9-11-16-23-21-26(37-25-19-17-24(18-20-25)31(34)35)27(22-14-12-10-13-15-22)28(29(23)32)30(33)36-2/h10,12-15,17-21,32H,3-9,11,16H2,1-2H3. The minimum Gasteiger partial charge on any atom is -0.507 e. The monoisotopic (exact) mass is 521 g/mol. The highest BCUT2D eigenvalue weighted by Gasteiger charge is 2.25. The molecule has 3 aromatic rings. The molecule has 0 saturated heterocycles. The third-order valence-corrected chi connectivity index (χ3v) is 7.42. The number of aryl methyl sites for hydroxylation is 1. The number of non-ortho nitro benzene ring substituents is 1. The zero-order valence-electron chi connectivity index (χ0n) is 21.6. The smallest absolute Gasteiger partial charge is 0.342 e. The van der Waals surface area contributed by atoms with Gasteiger partial charge >= 0.3 is 5.97 Å². The number of phenols is 1.